The molecule has 20 heavy (non-hydrogen) atoms. The van der Waals surface area contributed by atoms with E-state index in [1.54, 1.807) is 12.1 Å². The van der Waals surface area contributed by atoms with Crippen LogP contribution in [0, 0.1) is 0 Å². The van der Waals surface area contributed by atoms with Gasteiger partial charge in [0, 0.05) is 11.4 Å². The number of phenols is 1. The molecule has 0 saturated heterocycles. The molecular weight excluding hydrogens is 252 g/mol. The Labute approximate surface area is 115 Å². The third-order valence-electron chi connectivity index (χ3n) is 3.93. The summed E-state index contributed by atoms with van der Waals surface area (Å²) in [5.41, 5.74) is 11.4. The van der Waals surface area contributed by atoms with Crippen molar-refractivity contribution in [2.75, 3.05) is 5.73 Å². The predicted molar refractivity (Wildman–Crippen MR) is 77.0 cm³/mol. The molecule has 0 amide bonds. The zero-order valence-electron chi connectivity index (χ0n) is 10.9. The second-order valence-electron chi connectivity index (χ2n) is 5.09. The van der Waals surface area contributed by atoms with Crippen molar-refractivity contribution >= 4 is 16.9 Å². The lowest BCUT2D eigenvalue weighted by Crippen LogP contribution is -2.02. The van der Waals surface area contributed by atoms with Crippen LogP contribution in [0.2, 0.25) is 0 Å². The molecule has 5 heteroatoms. The van der Waals surface area contributed by atoms with Crippen molar-refractivity contribution < 1.29 is 5.11 Å². The fourth-order valence-electron chi connectivity index (χ4n) is 3.08. The number of hydrogen-bond donors (Lipinski definition) is 2. The molecule has 2 heterocycles. The number of anilines is 1. The number of nitrogens with zero attached hydrogens (tertiary/aromatic N) is 3. The number of aromatic nitrogens is 3. The Morgan fingerprint density at radius 3 is 2.70 bits per heavy atom. The Kier molecular flexibility index (Phi) is 2.24. The third-order valence-corrected chi connectivity index (χ3v) is 3.93. The summed E-state index contributed by atoms with van der Waals surface area (Å²) >= 11 is 0. The van der Waals surface area contributed by atoms with Crippen LogP contribution >= 0.6 is 0 Å². The van der Waals surface area contributed by atoms with Crippen LogP contribution in [0.4, 0.5) is 5.82 Å². The molecule has 0 unspecified atom stereocenters. The van der Waals surface area contributed by atoms with E-state index in [4.69, 9.17) is 5.73 Å². The van der Waals surface area contributed by atoms with Gasteiger partial charge in [-0.05, 0) is 49.1 Å². The van der Waals surface area contributed by atoms with E-state index in [0.29, 0.717) is 5.82 Å². The van der Waals surface area contributed by atoms with Gasteiger partial charge in [0.1, 0.15) is 17.6 Å². The second kappa shape index (κ2) is 3.96. The van der Waals surface area contributed by atoms with Crippen LogP contribution < -0.4 is 5.73 Å². The molecule has 0 radical (unpaired) electrons. The normalized spacial score (nSPS) is 13.8. The Balaban J connectivity index is 2.10. The minimum Gasteiger partial charge on any atom is -0.508 e. The average molecular weight is 266 g/mol. The van der Waals surface area contributed by atoms with Crippen molar-refractivity contribution in [1.29, 1.82) is 0 Å². The summed E-state index contributed by atoms with van der Waals surface area (Å²) < 4.78 is 2.13. The first-order chi connectivity index (χ1) is 9.75. The highest BCUT2D eigenvalue weighted by Gasteiger charge is 2.24. The van der Waals surface area contributed by atoms with Gasteiger partial charge in [-0.1, -0.05) is 0 Å². The molecule has 0 atom stereocenters. The van der Waals surface area contributed by atoms with Gasteiger partial charge < -0.3 is 15.4 Å². The molecule has 0 saturated carbocycles. The summed E-state index contributed by atoms with van der Waals surface area (Å²) in [6.07, 6.45) is 4.72. The number of aromatic hydroxyl groups is 1. The van der Waals surface area contributed by atoms with Crippen molar-refractivity contribution in [1.82, 2.24) is 14.5 Å². The molecule has 0 bridgehead atoms. The molecule has 0 aliphatic heterocycles. The summed E-state index contributed by atoms with van der Waals surface area (Å²) in [5.74, 6) is 0.753. The topological polar surface area (TPSA) is 77.0 Å². The van der Waals surface area contributed by atoms with Crippen molar-refractivity contribution in [3.8, 4) is 11.4 Å². The maximum Gasteiger partial charge on any atom is 0.151 e. The second-order valence-corrected chi connectivity index (χ2v) is 5.09. The summed E-state index contributed by atoms with van der Waals surface area (Å²) in [6, 6.07) is 7.14. The Morgan fingerprint density at radius 1 is 1.10 bits per heavy atom. The fourth-order valence-corrected chi connectivity index (χ4v) is 3.08. The third kappa shape index (κ3) is 1.43. The van der Waals surface area contributed by atoms with E-state index < -0.39 is 0 Å². The lowest BCUT2D eigenvalue weighted by molar-refractivity contribution is 0.475. The molecule has 5 nitrogen and oxygen atoms in total. The summed E-state index contributed by atoms with van der Waals surface area (Å²) in [5, 5.41) is 9.46. The number of fused-ring (bicyclic) bond motifs is 3. The number of nitrogens with two attached hydrogens (primary N) is 1. The molecular formula is C15H14N4O. The molecule has 0 spiro atoms. The monoisotopic (exact) mass is 266 g/mol. The maximum atomic E-state index is 9.46. The predicted octanol–water partition coefficient (Wildman–Crippen LogP) is 2.20. The van der Waals surface area contributed by atoms with E-state index in [2.05, 4.69) is 14.5 Å². The van der Waals surface area contributed by atoms with Gasteiger partial charge in [0.2, 0.25) is 0 Å². The SMILES string of the molecule is Nc1ncnc2c3c(n(-c4ccc(O)cc4)c12)CCC3. The Hall–Kier alpha value is -2.56. The molecule has 3 aromatic rings. The summed E-state index contributed by atoms with van der Waals surface area (Å²) in [4.78, 5) is 8.54. The van der Waals surface area contributed by atoms with Crippen LogP contribution in [0.3, 0.4) is 0 Å². The number of rotatable bonds is 1. The summed E-state index contributed by atoms with van der Waals surface area (Å²) in [7, 11) is 0. The molecule has 0 fully saturated rings. The van der Waals surface area contributed by atoms with Crippen LogP contribution in [0.15, 0.2) is 30.6 Å². The molecule has 100 valence electrons. The van der Waals surface area contributed by atoms with Crippen LogP contribution in [-0.4, -0.2) is 19.6 Å². The van der Waals surface area contributed by atoms with Gasteiger partial charge in [0.05, 0.1) is 5.52 Å². The van der Waals surface area contributed by atoms with Crippen LogP contribution in [-0.2, 0) is 12.8 Å². The average Bonchev–Trinajstić information content (AvgIpc) is 3.01. The van der Waals surface area contributed by atoms with E-state index in [1.165, 1.54) is 17.6 Å². The quantitative estimate of drug-likeness (QED) is 0.708. The highest BCUT2D eigenvalue weighted by atomic mass is 16.3. The Bertz CT molecular complexity index is 805. The first-order valence-corrected chi connectivity index (χ1v) is 6.68. The smallest absolute Gasteiger partial charge is 0.151 e. The highest BCUT2D eigenvalue weighted by Crippen LogP contribution is 2.36. The van der Waals surface area contributed by atoms with Crippen LogP contribution in [0.1, 0.15) is 17.7 Å². The lowest BCUT2D eigenvalue weighted by Gasteiger charge is -2.10. The Morgan fingerprint density at radius 2 is 1.90 bits per heavy atom. The van der Waals surface area contributed by atoms with Gasteiger partial charge in [-0.2, -0.15) is 0 Å². The van der Waals surface area contributed by atoms with Gasteiger partial charge in [0.25, 0.3) is 0 Å². The molecule has 1 aliphatic rings. The van der Waals surface area contributed by atoms with E-state index in [0.717, 1.165) is 36.0 Å². The number of nitrogen functional groups attached to an aromatic ring is 1. The zero-order chi connectivity index (χ0) is 13.7. The van der Waals surface area contributed by atoms with Crippen molar-refractivity contribution in [2.24, 2.45) is 0 Å². The van der Waals surface area contributed by atoms with Gasteiger partial charge in [-0.25, -0.2) is 9.97 Å². The number of hydrogen-bond acceptors (Lipinski definition) is 4. The molecule has 1 aliphatic carbocycles. The van der Waals surface area contributed by atoms with E-state index >= 15 is 0 Å². The zero-order valence-corrected chi connectivity index (χ0v) is 10.9. The molecule has 4 rings (SSSR count). The van der Waals surface area contributed by atoms with Gasteiger partial charge in [0.15, 0.2) is 5.82 Å². The minimum absolute atomic E-state index is 0.256. The largest absolute Gasteiger partial charge is 0.508 e. The standard InChI is InChI=1S/C15H14N4O/c16-15-14-13(17-8-18-15)11-2-1-3-12(11)19(14)9-4-6-10(20)7-5-9/h4-8,20H,1-3H2,(H2,16,17,18). The summed E-state index contributed by atoms with van der Waals surface area (Å²) in [6.45, 7) is 0. The van der Waals surface area contributed by atoms with Crippen molar-refractivity contribution in [2.45, 2.75) is 19.3 Å². The highest BCUT2D eigenvalue weighted by molar-refractivity contribution is 5.91. The first kappa shape index (κ1) is 11.3. The first-order valence-electron chi connectivity index (χ1n) is 6.68. The van der Waals surface area contributed by atoms with Crippen LogP contribution in [0.25, 0.3) is 16.7 Å². The molecule has 1 aromatic carbocycles. The van der Waals surface area contributed by atoms with Gasteiger partial charge >= 0.3 is 0 Å². The number of phenolic OH excluding ortho intramolecular Hbond substituents is 1. The van der Waals surface area contributed by atoms with Crippen molar-refractivity contribution in [3.05, 3.63) is 41.9 Å². The number of aryl methyl sites for hydroxylation is 1. The number of benzene rings is 1. The van der Waals surface area contributed by atoms with Crippen LogP contribution in [0.5, 0.6) is 5.75 Å². The fraction of sp³-hybridized carbons (Fsp3) is 0.200. The van der Waals surface area contributed by atoms with Gasteiger partial charge in [-0.3, -0.25) is 0 Å². The lowest BCUT2D eigenvalue weighted by atomic mass is 10.2. The molecule has 3 N–H and O–H groups in total. The van der Waals surface area contributed by atoms with Gasteiger partial charge in [-0.15, -0.1) is 0 Å². The maximum absolute atomic E-state index is 9.46. The minimum atomic E-state index is 0.256. The molecule has 2 aromatic heterocycles. The van der Waals surface area contributed by atoms with E-state index in [-0.39, 0.29) is 5.75 Å². The van der Waals surface area contributed by atoms with Crippen molar-refractivity contribution in [3.63, 3.8) is 0 Å². The van der Waals surface area contributed by atoms with E-state index in [1.807, 2.05) is 12.1 Å². The van der Waals surface area contributed by atoms with E-state index in [9.17, 15) is 5.11 Å².